The van der Waals surface area contributed by atoms with Crippen LogP contribution in [0.15, 0.2) is 18.2 Å². The summed E-state index contributed by atoms with van der Waals surface area (Å²) in [5.41, 5.74) is 1.89. The van der Waals surface area contributed by atoms with E-state index >= 15 is 0 Å². The van der Waals surface area contributed by atoms with Crippen LogP contribution in [0.3, 0.4) is 0 Å². The molecule has 0 radical (unpaired) electrons. The zero-order valence-corrected chi connectivity index (χ0v) is 18.1. The van der Waals surface area contributed by atoms with Gasteiger partial charge in [-0.15, -0.1) is 11.3 Å². The van der Waals surface area contributed by atoms with Crippen LogP contribution < -0.4 is 14.8 Å². The van der Waals surface area contributed by atoms with Crippen LogP contribution in [0, 0.1) is 5.92 Å². The number of fused-ring (bicyclic) bond motifs is 1. The first kappa shape index (κ1) is 21.8. The summed E-state index contributed by atoms with van der Waals surface area (Å²) >= 11 is 1.43. The second-order valence-electron chi connectivity index (χ2n) is 7.14. The Morgan fingerprint density at radius 1 is 1.30 bits per heavy atom. The van der Waals surface area contributed by atoms with Crippen LogP contribution in [0.5, 0.6) is 11.5 Å². The number of carbonyl (C=O) groups excluding carboxylic acids is 3. The quantitative estimate of drug-likeness (QED) is 0.504. The molecule has 0 fully saturated rings. The van der Waals surface area contributed by atoms with E-state index in [1.54, 1.807) is 19.1 Å². The second kappa shape index (κ2) is 9.75. The largest absolute Gasteiger partial charge is 0.493 e. The predicted octanol–water partition coefficient (Wildman–Crippen LogP) is 3.89. The Morgan fingerprint density at radius 2 is 2.10 bits per heavy atom. The first-order valence-electron chi connectivity index (χ1n) is 9.84. The molecular weight excluding hydrogens is 406 g/mol. The Hall–Kier alpha value is -2.87. The molecule has 30 heavy (non-hydrogen) atoms. The fraction of sp³-hybridized carbons (Fsp3) is 0.409. The van der Waals surface area contributed by atoms with Gasteiger partial charge < -0.3 is 19.5 Å². The molecular formula is C22H25NO6S. The summed E-state index contributed by atoms with van der Waals surface area (Å²) in [4.78, 5) is 37.1. The van der Waals surface area contributed by atoms with Gasteiger partial charge in [-0.05, 0) is 55.9 Å². The third-order valence-corrected chi connectivity index (χ3v) is 6.10. The van der Waals surface area contributed by atoms with E-state index in [9.17, 15) is 14.4 Å². The van der Waals surface area contributed by atoms with Crippen molar-refractivity contribution < 1.29 is 28.6 Å². The van der Waals surface area contributed by atoms with Crippen LogP contribution in [-0.2, 0) is 22.4 Å². The summed E-state index contributed by atoms with van der Waals surface area (Å²) in [7, 11) is 1.46. The molecule has 1 aliphatic carbocycles. The van der Waals surface area contributed by atoms with Gasteiger partial charge >= 0.3 is 5.97 Å². The maximum Gasteiger partial charge on any atom is 0.341 e. The number of benzene rings is 1. The number of anilines is 1. The molecule has 0 bridgehead atoms. The Balaban J connectivity index is 1.75. The molecule has 3 rings (SSSR count). The highest BCUT2D eigenvalue weighted by atomic mass is 32.1. The summed E-state index contributed by atoms with van der Waals surface area (Å²) in [6.45, 7) is 3.95. The fourth-order valence-corrected chi connectivity index (χ4v) is 4.86. The van der Waals surface area contributed by atoms with E-state index < -0.39 is 11.9 Å². The highest BCUT2D eigenvalue weighted by Gasteiger charge is 2.29. The highest BCUT2D eigenvalue weighted by Crippen LogP contribution is 2.40. The van der Waals surface area contributed by atoms with Gasteiger partial charge in [-0.25, -0.2) is 4.79 Å². The molecule has 1 amide bonds. The number of methoxy groups -OCH3 is 1. The molecule has 0 aliphatic heterocycles. The average Bonchev–Trinajstić information content (AvgIpc) is 3.08. The molecule has 1 aliphatic rings. The zero-order valence-electron chi connectivity index (χ0n) is 17.3. The number of nitrogens with one attached hydrogen (secondary N) is 1. The summed E-state index contributed by atoms with van der Waals surface area (Å²) < 4.78 is 16.0. The van der Waals surface area contributed by atoms with Gasteiger partial charge in [-0.2, -0.15) is 0 Å². The second-order valence-corrected chi connectivity index (χ2v) is 8.25. The molecule has 1 unspecified atom stereocenters. The highest BCUT2D eigenvalue weighted by molar-refractivity contribution is 7.17. The molecule has 0 spiro atoms. The number of hydrogen-bond acceptors (Lipinski definition) is 7. The van der Waals surface area contributed by atoms with Crippen molar-refractivity contribution in [2.45, 2.75) is 33.1 Å². The molecule has 0 saturated carbocycles. The normalized spacial score (nSPS) is 15.1. The third-order valence-electron chi connectivity index (χ3n) is 4.93. The SMILES string of the molecule is CCOC(=O)c1c(NC(=O)COc2ccc(C=O)cc2OC)sc2c1CCC(C)C2. The lowest BCUT2D eigenvalue weighted by Gasteiger charge is -2.18. The van der Waals surface area contributed by atoms with E-state index in [0.29, 0.717) is 39.8 Å². The molecule has 1 aromatic heterocycles. The summed E-state index contributed by atoms with van der Waals surface area (Å²) in [6.07, 6.45) is 3.39. The van der Waals surface area contributed by atoms with Gasteiger partial charge in [-0.3, -0.25) is 9.59 Å². The van der Waals surface area contributed by atoms with Crippen LogP contribution in [-0.4, -0.2) is 38.5 Å². The van der Waals surface area contributed by atoms with Crippen molar-refractivity contribution in [2.24, 2.45) is 5.92 Å². The van der Waals surface area contributed by atoms with Crippen molar-refractivity contribution in [1.29, 1.82) is 0 Å². The lowest BCUT2D eigenvalue weighted by atomic mass is 9.88. The molecule has 0 saturated heterocycles. The smallest absolute Gasteiger partial charge is 0.341 e. The van der Waals surface area contributed by atoms with Crippen LogP contribution in [0.1, 0.15) is 51.4 Å². The Kier molecular flexibility index (Phi) is 7.10. The summed E-state index contributed by atoms with van der Waals surface area (Å²) in [5, 5.41) is 3.31. The molecule has 1 N–H and O–H groups in total. The molecule has 2 aromatic rings. The van der Waals surface area contributed by atoms with Gasteiger partial charge in [0.05, 0.1) is 19.3 Å². The van der Waals surface area contributed by atoms with Gasteiger partial charge in [0, 0.05) is 10.4 Å². The van der Waals surface area contributed by atoms with Crippen LogP contribution in [0.25, 0.3) is 0 Å². The first-order valence-corrected chi connectivity index (χ1v) is 10.7. The van der Waals surface area contributed by atoms with Gasteiger partial charge in [0.2, 0.25) is 0 Å². The van der Waals surface area contributed by atoms with E-state index in [4.69, 9.17) is 14.2 Å². The maximum atomic E-state index is 12.5. The number of hydrogen-bond donors (Lipinski definition) is 1. The average molecular weight is 432 g/mol. The van der Waals surface area contributed by atoms with Crippen LogP contribution >= 0.6 is 11.3 Å². The fourth-order valence-electron chi connectivity index (χ4n) is 3.44. The minimum atomic E-state index is -0.410. The lowest BCUT2D eigenvalue weighted by Crippen LogP contribution is -2.21. The molecule has 1 aromatic carbocycles. The van der Waals surface area contributed by atoms with E-state index in [1.165, 1.54) is 24.5 Å². The van der Waals surface area contributed by atoms with Crippen molar-refractivity contribution in [1.82, 2.24) is 0 Å². The molecule has 7 nitrogen and oxygen atoms in total. The lowest BCUT2D eigenvalue weighted by molar-refractivity contribution is -0.118. The van der Waals surface area contributed by atoms with Crippen molar-refractivity contribution in [3.8, 4) is 11.5 Å². The predicted molar refractivity (Wildman–Crippen MR) is 114 cm³/mol. The Morgan fingerprint density at radius 3 is 2.80 bits per heavy atom. The van der Waals surface area contributed by atoms with Crippen LogP contribution in [0.4, 0.5) is 5.00 Å². The maximum absolute atomic E-state index is 12.5. The van der Waals surface area contributed by atoms with Gasteiger partial charge in [0.1, 0.15) is 11.3 Å². The molecule has 1 heterocycles. The van der Waals surface area contributed by atoms with E-state index in [-0.39, 0.29) is 13.2 Å². The number of thiophene rings is 1. The minimum Gasteiger partial charge on any atom is -0.493 e. The standard InChI is InChI=1S/C22H25NO6S/c1-4-28-22(26)20-15-7-5-13(2)9-18(15)30-21(20)23-19(25)12-29-16-8-6-14(11-24)10-17(16)27-3/h6,8,10-11,13H,4-5,7,9,12H2,1-3H3,(H,23,25). The van der Waals surface area contributed by atoms with Crippen molar-refractivity contribution in [3.05, 3.63) is 39.8 Å². The van der Waals surface area contributed by atoms with Crippen molar-refractivity contribution >= 4 is 34.5 Å². The van der Waals surface area contributed by atoms with E-state index in [2.05, 4.69) is 12.2 Å². The Labute approximate surface area is 179 Å². The summed E-state index contributed by atoms with van der Waals surface area (Å²) in [5.74, 6) is 0.448. The summed E-state index contributed by atoms with van der Waals surface area (Å²) in [6, 6.07) is 4.69. The number of aldehydes is 1. The van der Waals surface area contributed by atoms with E-state index in [0.717, 1.165) is 29.7 Å². The number of esters is 1. The number of amides is 1. The van der Waals surface area contributed by atoms with Gasteiger partial charge in [-0.1, -0.05) is 6.92 Å². The minimum absolute atomic E-state index is 0.266. The molecule has 160 valence electrons. The topological polar surface area (TPSA) is 90.9 Å². The van der Waals surface area contributed by atoms with Crippen molar-refractivity contribution in [2.75, 3.05) is 25.6 Å². The van der Waals surface area contributed by atoms with Gasteiger partial charge in [0.15, 0.2) is 18.1 Å². The van der Waals surface area contributed by atoms with Crippen LogP contribution in [0.2, 0.25) is 0 Å². The molecule has 8 heteroatoms. The van der Waals surface area contributed by atoms with Gasteiger partial charge in [0.25, 0.3) is 5.91 Å². The third kappa shape index (κ3) is 4.81. The Bertz CT molecular complexity index is 951. The van der Waals surface area contributed by atoms with E-state index in [1.807, 2.05) is 0 Å². The number of ether oxygens (including phenoxy) is 3. The monoisotopic (exact) mass is 431 g/mol. The zero-order chi connectivity index (χ0) is 21.7. The first-order chi connectivity index (χ1) is 14.5. The number of rotatable bonds is 8. The molecule has 1 atom stereocenters. The van der Waals surface area contributed by atoms with Crippen molar-refractivity contribution in [3.63, 3.8) is 0 Å². The number of carbonyl (C=O) groups is 3.